The maximum Gasteiger partial charge on any atom is 0.338 e. The maximum absolute atomic E-state index is 11.9. The van der Waals surface area contributed by atoms with Crippen LogP contribution in [-0.2, 0) is 9.53 Å². The molecule has 20 heavy (non-hydrogen) atoms. The molecule has 1 heterocycles. The fraction of sp³-hybridized carbons (Fsp3) is 0.467. The first-order valence-corrected chi connectivity index (χ1v) is 6.97. The monoisotopic (exact) mass is 276 g/mol. The zero-order chi connectivity index (χ0) is 14.5. The Morgan fingerprint density at radius 3 is 2.70 bits per heavy atom. The van der Waals surface area contributed by atoms with Crippen molar-refractivity contribution in [1.29, 1.82) is 0 Å². The standard InChI is InChI=1S/C15H20N2O3/c1-3-20-15(19)12-7-9-13(10-8-12)16-17-11(2)5-4-6-14(17)18/h7-11,16H,3-6H2,1-2H3/t11-/m1/s1. The molecule has 5 heteroatoms. The van der Waals surface area contributed by atoms with Gasteiger partial charge in [0.25, 0.3) is 0 Å². The van der Waals surface area contributed by atoms with Crippen LogP contribution in [0.3, 0.4) is 0 Å². The highest BCUT2D eigenvalue weighted by Gasteiger charge is 2.24. The van der Waals surface area contributed by atoms with Gasteiger partial charge in [-0.1, -0.05) is 0 Å². The number of anilines is 1. The Bertz CT molecular complexity index is 484. The van der Waals surface area contributed by atoms with Crippen molar-refractivity contribution in [1.82, 2.24) is 5.01 Å². The van der Waals surface area contributed by atoms with Crippen molar-refractivity contribution in [3.05, 3.63) is 29.8 Å². The van der Waals surface area contributed by atoms with Crippen LogP contribution in [0, 0.1) is 0 Å². The maximum atomic E-state index is 11.9. The van der Waals surface area contributed by atoms with E-state index in [-0.39, 0.29) is 17.9 Å². The first-order chi connectivity index (χ1) is 9.61. The summed E-state index contributed by atoms with van der Waals surface area (Å²) in [4.78, 5) is 23.4. The zero-order valence-corrected chi connectivity index (χ0v) is 11.9. The van der Waals surface area contributed by atoms with Gasteiger partial charge in [0.15, 0.2) is 0 Å². The highest BCUT2D eigenvalue weighted by atomic mass is 16.5. The van der Waals surface area contributed by atoms with Crippen LogP contribution in [0.4, 0.5) is 5.69 Å². The van der Waals surface area contributed by atoms with Gasteiger partial charge in [-0.2, -0.15) is 0 Å². The largest absolute Gasteiger partial charge is 0.462 e. The first-order valence-electron chi connectivity index (χ1n) is 6.97. The van der Waals surface area contributed by atoms with Gasteiger partial charge >= 0.3 is 5.97 Å². The van der Waals surface area contributed by atoms with E-state index in [1.807, 2.05) is 6.92 Å². The predicted octanol–water partition coefficient (Wildman–Crippen LogP) is 2.59. The third-order valence-corrected chi connectivity index (χ3v) is 3.37. The third kappa shape index (κ3) is 3.29. The smallest absolute Gasteiger partial charge is 0.338 e. The molecule has 108 valence electrons. The molecule has 0 saturated carbocycles. The lowest BCUT2D eigenvalue weighted by atomic mass is 10.1. The topological polar surface area (TPSA) is 58.6 Å². The minimum absolute atomic E-state index is 0.109. The van der Waals surface area contributed by atoms with Crippen LogP contribution in [0.25, 0.3) is 0 Å². The Kier molecular flexibility index (Phi) is 4.61. The number of piperidine rings is 1. The lowest BCUT2D eigenvalue weighted by Gasteiger charge is -2.34. The number of ether oxygens (including phenoxy) is 1. The Morgan fingerprint density at radius 1 is 1.40 bits per heavy atom. The number of benzene rings is 1. The number of esters is 1. The Morgan fingerprint density at radius 2 is 2.10 bits per heavy atom. The van der Waals surface area contributed by atoms with Crippen molar-refractivity contribution >= 4 is 17.6 Å². The van der Waals surface area contributed by atoms with E-state index in [0.717, 1.165) is 18.5 Å². The quantitative estimate of drug-likeness (QED) is 0.859. The molecular formula is C15H20N2O3. The Labute approximate surface area is 118 Å². The molecule has 1 aromatic rings. The molecule has 1 amide bonds. The fourth-order valence-electron chi connectivity index (χ4n) is 2.25. The second-order valence-corrected chi connectivity index (χ2v) is 4.91. The van der Waals surface area contributed by atoms with Crippen LogP contribution >= 0.6 is 0 Å². The second-order valence-electron chi connectivity index (χ2n) is 4.91. The minimum Gasteiger partial charge on any atom is -0.462 e. The molecule has 1 aliphatic heterocycles. The summed E-state index contributed by atoms with van der Waals surface area (Å²) >= 11 is 0. The van der Waals surface area contributed by atoms with Crippen molar-refractivity contribution in [2.24, 2.45) is 0 Å². The summed E-state index contributed by atoms with van der Waals surface area (Å²) in [6.45, 7) is 4.16. The molecular weight excluding hydrogens is 256 g/mol. The van der Waals surface area contributed by atoms with E-state index in [0.29, 0.717) is 18.6 Å². The second kappa shape index (κ2) is 6.41. The molecule has 0 unspecified atom stereocenters. The molecule has 1 N–H and O–H groups in total. The summed E-state index contributed by atoms with van der Waals surface area (Å²) in [5, 5.41) is 1.67. The molecule has 1 fully saturated rings. The van der Waals surface area contributed by atoms with Crippen LogP contribution < -0.4 is 5.43 Å². The van der Waals surface area contributed by atoms with Gasteiger partial charge in [-0.05, 0) is 51.0 Å². The number of nitrogens with one attached hydrogen (secondary N) is 1. The summed E-state index contributed by atoms with van der Waals surface area (Å²) in [6.07, 6.45) is 2.53. The molecule has 0 aliphatic carbocycles. The van der Waals surface area contributed by atoms with Crippen molar-refractivity contribution < 1.29 is 14.3 Å². The SMILES string of the molecule is CCOC(=O)c1ccc(NN2C(=O)CCC[C@H]2C)cc1. The number of carbonyl (C=O) groups excluding carboxylic acids is 2. The molecule has 0 aromatic heterocycles. The number of rotatable bonds is 4. The number of hydrogen-bond donors (Lipinski definition) is 1. The molecule has 1 atom stereocenters. The van der Waals surface area contributed by atoms with Crippen LogP contribution in [-0.4, -0.2) is 29.5 Å². The molecule has 2 rings (SSSR count). The van der Waals surface area contributed by atoms with E-state index in [4.69, 9.17) is 4.74 Å². The number of nitrogens with zero attached hydrogens (tertiary/aromatic N) is 1. The van der Waals surface area contributed by atoms with E-state index in [1.165, 1.54) is 0 Å². The molecule has 0 bridgehead atoms. The summed E-state index contributed by atoms with van der Waals surface area (Å²) in [7, 11) is 0. The molecule has 0 spiro atoms. The van der Waals surface area contributed by atoms with Gasteiger partial charge in [0, 0.05) is 6.42 Å². The lowest BCUT2D eigenvalue weighted by Crippen LogP contribution is -2.45. The Balaban J connectivity index is 2.03. The summed E-state index contributed by atoms with van der Waals surface area (Å²) in [5.74, 6) is -0.223. The zero-order valence-electron chi connectivity index (χ0n) is 11.9. The molecule has 1 saturated heterocycles. The molecule has 1 aromatic carbocycles. The van der Waals surface area contributed by atoms with Crippen molar-refractivity contribution in [3.8, 4) is 0 Å². The van der Waals surface area contributed by atoms with Crippen molar-refractivity contribution in [2.75, 3.05) is 12.0 Å². The van der Waals surface area contributed by atoms with Gasteiger partial charge < -0.3 is 4.74 Å². The average Bonchev–Trinajstić information content (AvgIpc) is 2.44. The molecule has 5 nitrogen and oxygen atoms in total. The van der Waals surface area contributed by atoms with Gasteiger partial charge in [-0.25, -0.2) is 4.79 Å². The summed E-state index contributed by atoms with van der Waals surface area (Å²) in [5.41, 5.74) is 4.41. The predicted molar refractivity (Wildman–Crippen MR) is 76.2 cm³/mol. The molecule has 0 radical (unpaired) electrons. The van der Waals surface area contributed by atoms with Gasteiger partial charge in [0.1, 0.15) is 0 Å². The first kappa shape index (κ1) is 14.4. The van der Waals surface area contributed by atoms with Gasteiger partial charge in [0.2, 0.25) is 5.91 Å². The Hall–Kier alpha value is -2.04. The van der Waals surface area contributed by atoms with Crippen molar-refractivity contribution in [2.45, 2.75) is 39.2 Å². The number of carbonyl (C=O) groups is 2. The highest BCUT2D eigenvalue weighted by molar-refractivity contribution is 5.89. The van der Waals surface area contributed by atoms with Crippen LogP contribution in [0.1, 0.15) is 43.5 Å². The summed E-state index contributed by atoms with van der Waals surface area (Å²) < 4.78 is 4.93. The van der Waals surface area contributed by atoms with Crippen molar-refractivity contribution in [3.63, 3.8) is 0 Å². The van der Waals surface area contributed by atoms with Gasteiger partial charge in [-0.3, -0.25) is 15.2 Å². The van der Waals surface area contributed by atoms with Crippen LogP contribution in [0.5, 0.6) is 0 Å². The third-order valence-electron chi connectivity index (χ3n) is 3.37. The number of amides is 1. The van der Waals surface area contributed by atoms with E-state index in [1.54, 1.807) is 36.2 Å². The van der Waals surface area contributed by atoms with E-state index < -0.39 is 0 Å². The molecule has 1 aliphatic rings. The number of hydrazine groups is 1. The van der Waals surface area contributed by atoms with Gasteiger partial charge in [-0.15, -0.1) is 0 Å². The normalized spacial score (nSPS) is 18.8. The van der Waals surface area contributed by atoms with E-state index >= 15 is 0 Å². The fourth-order valence-corrected chi connectivity index (χ4v) is 2.25. The summed E-state index contributed by atoms with van der Waals surface area (Å²) in [6, 6.07) is 7.13. The van der Waals surface area contributed by atoms with Gasteiger partial charge in [0.05, 0.1) is 23.9 Å². The highest BCUT2D eigenvalue weighted by Crippen LogP contribution is 2.20. The lowest BCUT2D eigenvalue weighted by molar-refractivity contribution is -0.134. The number of hydrogen-bond acceptors (Lipinski definition) is 4. The van der Waals surface area contributed by atoms with Crippen LogP contribution in [0.15, 0.2) is 24.3 Å². The average molecular weight is 276 g/mol. The van der Waals surface area contributed by atoms with E-state index in [2.05, 4.69) is 5.43 Å². The van der Waals surface area contributed by atoms with Crippen LogP contribution in [0.2, 0.25) is 0 Å². The minimum atomic E-state index is -0.332. The van der Waals surface area contributed by atoms with E-state index in [9.17, 15) is 9.59 Å².